The number of H-pyrrole nitrogens is 1. The van der Waals surface area contributed by atoms with E-state index >= 15 is 0 Å². The van der Waals surface area contributed by atoms with Gasteiger partial charge in [-0.05, 0) is 47.5 Å². The van der Waals surface area contributed by atoms with Crippen LogP contribution in [0.4, 0.5) is 10.2 Å². The molecule has 3 aromatic carbocycles. The van der Waals surface area contributed by atoms with Gasteiger partial charge in [-0.3, -0.25) is 9.89 Å². The van der Waals surface area contributed by atoms with Gasteiger partial charge in [0.2, 0.25) is 5.75 Å². The second kappa shape index (κ2) is 8.35. The van der Waals surface area contributed by atoms with Gasteiger partial charge < -0.3 is 19.5 Å². The number of nitrogens with zero attached hydrogens (tertiary/aromatic N) is 1. The van der Waals surface area contributed by atoms with Gasteiger partial charge in [-0.25, -0.2) is 4.39 Å². The first kappa shape index (κ1) is 20.2. The molecule has 0 spiro atoms. The standard InChI is InChI=1S/C23H20FN3O4/c1-29-19-11-15(12-20(30-2)21(19)31-3)23(28)25-22-17-8-7-14(10-18(17)26-27-22)13-5-4-6-16(24)9-13/h4-12H,1-3H3,(H2,25,26,27,28). The molecular weight excluding hydrogens is 401 g/mol. The van der Waals surface area contributed by atoms with Crippen LogP contribution in [-0.2, 0) is 0 Å². The Labute approximate surface area is 177 Å². The number of carbonyl (C=O) groups excluding carboxylic acids is 1. The molecule has 1 amide bonds. The maximum Gasteiger partial charge on any atom is 0.257 e. The van der Waals surface area contributed by atoms with Gasteiger partial charge in [-0.2, -0.15) is 5.10 Å². The lowest BCUT2D eigenvalue weighted by atomic mass is 10.0. The summed E-state index contributed by atoms with van der Waals surface area (Å²) in [6.45, 7) is 0. The fourth-order valence-electron chi connectivity index (χ4n) is 3.35. The van der Waals surface area contributed by atoms with Crippen molar-refractivity contribution in [1.29, 1.82) is 0 Å². The minimum atomic E-state index is -0.387. The molecule has 0 aliphatic carbocycles. The molecule has 0 bridgehead atoms. The highest BCUT2D eigenvalue weighted by Crippen LogP contribution is 2.38. The molecule has 0 aliphatic rings. The zero-order valence-electron chi connectivity index (χ0n) is 17.2. The summed E-state index contributed by atoms with van der Waals surface area (Å²) in [7, 11) is 4.46. The van der Waals surface area contributed by atoms with Crippen molar-refractivity contribution in [3.8, 4) is 28.4 Å². The van der Waals surface area contributed by atoms with Gasteiger partial charge in [-0.1, -0.05) is 18.2 Å². The number of halogens is 1. The second-order valence-electron chi connectivity index (χ2n) is 6.71. The van der Waals surface area contributed by atoms with E-state index in [1.165, 1.54) is 33.5 Å². The average Bonchev–Trinajstić information content (AvgIpc) is 3.19. The van der Waals surface area contributed by atoms with Gasteiger partial charge in [-0.15, -0.1) is 0 Å². The van der Waals surface area contributed by atoms with E-state index < -0.39 is 0 Å². The monoisotopic (exact) mass is 421 g/mol. The smallest absolute Gasteiger partial charge is 0.257 e. The van der Waals surface area contributed by atoms with Crippen LogP contribution in [0.25, 0.3) is 22.0 Å². The molecule has 2 N–H and O–H groups in total. The molecule has 158 valence electrons. The summed E-state index contributed by atoms with van der Waals surface area (Å²) >= 11 is 0. The van der Waals surface area contributed by atoms with Crippen molar-refractivity contribution < 1.29 is 23.4 Å². The molecule has 1 aromatic heterocycles. The van der Waals surface area contributed by atoms with Gasteiger partial charge in [0, 0.05) is 10.9 Å². The Bertz CT molecular complexity index is 1240. The number of aromatic nitrogens is 2. The molecule has 0 aliphatic heterocycles. The van der Waals surface area contributed by atoms with Crippen LogP contribution < -0.4 is 19.5 Å². The quantitative estimate of drug-likeness (QED) is 0.473. The summed E-state index contributed by atoms with van der Waals surface area (Å²) < 4.78 is 29.4. The third-order valence-electron chi connectivity index (χ3n) is 4.88. The summed E-state index contributed by atoms with van der Waals surface area (Å²) in [6.07, 6.45) is 0. The van der Waals surface area contributed by atoms with Crippen molar-refractivity contribution in [2.75, 3.05) is 26.6 Å². The first-order valence-electron chi connectivity index (χ1n) is 9.39. The van der Waals surface area contributed by atoms with Gasteiger partial charge in [0.1, 0.15) is 5.82 Å². The number of fused-ring (bicyclic) bond motifs is 1. The molecule has 0 fully saturated rings. The Morgan fingerprint density at radius 3 is 2.29 bits per heavy atom. The SMILES string of the molecule is COc1cc(C(=O)Nc2n[nH]c3cc(-c4cccc(F)c4)ccc23)cc(OC)c1OC. The number of aromatic amines is 1. The molecular formula is C23H20FN3O4. The van der Waals surface area contributed by atoms with Crippen LogP contribution in [0.1, 0.15) is 10.4 Å². The van der Waals surface area contributed by atoms with Gasteiger partial charge >= 0.3 is 0 Å². The molecule has 1 heterocycles. The lowest BCUT2D eigenvalue weighted by molar-refractivity contribution is 0.102. The van der Waals surface area contributed by atoms with Crippen molar-refractivity contribution in [2.24, 2.45) is 0 Å². The Balaban J connectivity index is 1.64. The first-order chi connectivity index (χ1) is 15.0. The Kier molecular flexibility index (Phi) is 5.44. The Hall–Kier alpha value is -4.07. The highest BCUT2D eigenvalue weighted by molar-refractivity contribution is 6.08. The van der Waals surface area contributed by atoms with Gasteiger partial charge in [0.15, 0.2) is 17.3 Å². The lowest BCUT2D eigenvalue weighted by Gasteiger charge is -2.13. The highest BCUT2D eigenvalue weighted by Gasteiger charge is 2.18. The minimum Gasteiger partial charge on any atom is -0.493 e. The molecule has 0 saturated heterocycles. The fourth-order valence-corrected chi connectivity index (χ4v) is 3.35. The fraction of sp³-hybridized carbons (Fsp3) is 0.130. The number of nitrogens with one attached hydrogen (secondary N) is 2. The zero-order chi connectivity index (χ0) is 22.0. The maximum atomic E-state index is 13.5. The number of amides is 1. The number of ether oxygens (including phenoxy) is 3. The molecule has 8 heteroatoms. The Morgan fingerprint density at radius 1 is 0.935 bits per heavy atom. The van der Waals surface area contributed by atoms with Crippen LogP contribution in [-0.4, -0.2) is 37.4 Å². The van der Waals surface area contributed by atoms with Crippen LogP contribution in [0.5, 0.6) is 17.2 Å². The van der Waals surface area contributed by atoms with Crippen LogP contribution in [0, 0.1) is 5.82 Å². The predicted octanol–water partition coefficient (Wildman–Crippen LogP) is 4.65. The topological polar surface area (TPSA) is 85.5 Å². The van der Waals surface area contributed by atoms with E-state index in [0.717, 1.165) is 16.5 Å². The van der Waals surface area contributed by atoms with Crippen molar-refractivity contribution in [3.63, 3.8) is 0 Å². The number of carbonyl (C=O) groups is 1. The summed E-state index contributed by atoms with van der Waals surface area (Å²) in [5, 5.41) is 10.6. The predicted molar refractivity (Wildman–Crippen MR) is 116 cm³/mol. The third kappa shape index (κ3) is 3.87. The molecule has 0 unspecified atom stereocenters. The van der Waals surface area contributed by atoms with Crippen molar-refractivity contribution in [3.05, 3.63) is 66.0 Å². The number of benzene rings is 3. The van der Waals surface area contributed by atoms with E-state index in [0.29, 0.717) is 34.1 Å². The molecule has 31 heavy (non-hydrogen) atoms. The number of hydrogen-bond donors (Lipinski definition) is 2. The zero-order valence-corrected chi connectivity index (χ0v) is 17.2. The Morgan fingerprint density at radius 2 is 1.65 bits per heavy atom. The molecule has 0 atom stereocenters. The van der Waals surface area contributed by atoms with Crippen LogP contribution in [0.3, 0.4) is 0 Å². The number of rotatable bonds is 6. The summed E-state index contributed by atoms with van der Waals surface area (Å²) in [5.74, 6) is 0.829. The number of hydrogen-bond acceptors (Lipinski definition) is 5. The average molecular weight is 421 g/mol. The van der Waals surface area contributed by atoms with Crippen LogP contribution >= 0.6 is 0 Å². The summed E-state index contributed by atoms with van der Waals surface area (Å²) in [6, 6.07) is 15.0. The van der Waals surface area contributed by atoms with E-state index in [-0.39, 0.29) is 11.7 Å². The molecule has 4 rings (SSSR count). The second-order valence-corrected chi connectivity index (χ2v) is 6.71. The first-order valence-corrected chi connectivity index (χ1v) is 9.39. The van der Waals surface area contributed by atoms with Crippen molar-refractivity contribution >= 4 is 22.6 Å². The van der Waals surface area contributed by atoms with Gasteiger partial charge in [0.05, 0.1) is 26.8 Å². The normalized spacial score (nSPS) is 10.7. The highest BCUT2D eigenvalue weighted by atomic mass is 19.1. The van der Waals surface area contributed by atoms with E-state index in [9.17, 15) is 9.18 Å². The van der Waals surface area contributed by atoms with E-state index in [2.05, 4.69) is 15.5 Å². The molecule has 7 nitrogen and oxygen atoms in total. The van der Waals surface area contributed by atoms with E-state index in [4.69, 9.17) is 14.2 Å². The van der Waals surface area contributed by atoms with E-state index in [1.54, 1.807) is 18.2 Å². The summed E-state index contributed by atoms with van der Waals surface area (Å²) in [5.41, 5.74) is 2.61. The minimum absolute atomic E-state index is 0.305. The largest absolute Gasteiger partial charge is 0.493 e. The van der Waals surface area contributed by atoms with Crippen molar-refractivity contribution in [2.45, 2.75) is 0 Å². The summed E-state index contributed by atoms with van der Waals surface area (Å²) in [4.78, 5) is 12.9. The van der Waals surface area contributed by atoms with Crippen LogP contribution in [0.2, 0.25) is 0 Å². The van der Waals surface area contributed by atoms with E-state index in [1.807, 2.05) is 24.3 Å². The maximum absolute atomic E-state index is 13.5. The van der Waals surface area contributed by atoms with Crippen molar-refractivity contribution in [1.82, 2.24) is 10.2 Å². The molecule has 0 saturated carbocycles. The van der Waals surface area contributed by atoms with Gasteiger partial charge in [0.25, 0.3) is 5.91 Å². The molecule has 0 radical (unpaired) electrons. The lowest BCUT2D eigenvalue weighted by Crippen LogP contribution is -2.13. The third-order valence-corrected chi connectivity index (χ3v) is 4.88. The molecule has 4 aromatic rings. The number of methoxy groups -OCH3 is 3. The number of anilines is 1. The van der Waals surface area contributed by atoms with Crippen LogP contribution in [0.15, 0.2) is 54.6 Å².